The molecule has 0 spiro atoms. The SMILES string of the molecule is COc1ccccc1CNc1ccc(NS(=O)(=O)CCc2ccccc2)cc1. The first-order valence-corrected chi connectivity index (χ1v) is 10.7. The van der Waals surface area contributed by atoms with Gasteiger partial charge in [0.1, 0.15) is 5.75 Å². The van der Waals surface area contributed by atoms with Gasteiger partial charge in [-0.25, -0.2) is 8.42 Å². The number of sulfonamides is 1. The maximum Gasteiger partial charge on any atom is 0.233 e. The first kappa shape index (κ1) is 19.8. The highest BCUT2D eigenvalue weighted by atomic mass is 32.2. The summed E-state index contributed by atoms with van der Waals surface area (Å²) in [6.45, 7) is 0.617. The fraction of sp³-hybridized carbons (Fsp3) is 0.182. The average Bonchev–Trinajstić information content (AvgIpc) is 2.72. The van der Waals surface area contributed by atoms with E-state index in [0.29, 0.717) is 18.7 Å². The summed E-state index contributed by atoms with van der Waals surface area (Å²) < 4.78 is 32.6. The van der Waals surface area contributed by atoms with Gasteiger partial charge in [-0.15, -0.1) is 0 Å². The van der Waals surface area contributed by atoms with Gasteiger partial charge in [-0.1, -0.05) is 48.5 Å². The summed E-state index contributed by atoms with van der Waals surface area (Å²) in [5.74, 6) is 0.878. The molecule has 3 aromatic carbocycles. The standard InChI is InChI=1S/C22H24N2O3S/c1-27-22-10-6-5-9-19(22)17-23-20-11-13-21(14-12-20)24-28(25,26)16-15-18-7-3-2-4-8-18/h2-14,23-24H,15-17H2,1H3. The van der Waals surface area contributed by atoms with Crippen LogP contribution < -0.4 is 14.8 Å². The Morgan fingerprint density at radius 2 is 1.46 bits per heavy atom. The smallest absolute Gasteiger partial charge is 0.233 e. The molecule has 0 aliphatic carbocycles. The van der Waals surface area contributed by atoms with E-state index < -0.39 is 10.0 Å². The molecule has 0 bridgehead atoms. The molecule has 3 aromatic rings. The molecule has 5 nitrogen and oxygen atoms in total. The Bertz CT molecular complexity index is 988. The molecule has 2 N–H and O–H groups in total. The number of benzene rings is 3. The van der Waals surface area contributed by atoms with Crippen molar-refractivity contribution in [3.8, 4) is 5.75 Å². The molecular formula is C22H24N2O3S. The maximum absolute atomic E-state index is 12.3. The number of hydrogen-bond donors (Lipinski definition) is 2. The molecule has 0 saturated heterocycles. The fourth-order valence-corrected chi connectivity index (χ4v) is 3.93. The van der Waals surface area contributed by atoms with E-state index in [1.807, 2.05) is 66.7 Å². The quantitative estimate of drug-likeness (QED) is 0.566. The van der Waals surface area contributed by atoms with E-state index in [4.69, 9.17) is 4.74 Å². The Morgan fingerprint density at radius 1 is 0.821 bits per heavy atom. The van der Waals surface area contributed by atoms with Gasteiger partial charge in [0.15, 0.2) is 0 Å². The molecule has 0 aliphatic rings. The minimum atomic E-state index is -3.40. The Morgan fingerprint density at radius 3 is 2.18 bits per heavy atom. The summed E-state index contributed by atoms with van der Waals surface area (Å²) in [5.41, 5.74) is 3.51. The second-order valence-electron chi connectivity index (χ2n) is 6.40. The molecule has 6 heteroatoms. The van der Waals surface area contributed by atoms with Crippen LogP contribution in [0.4, 0.5) is 11.4 Å². The summed E-state index contributed by atoms with van der Waals surface area (Å²) >= 11 is 0. The van der Waals surface area contributed by atoms with Gasteiger partial charge in [-0.2, -0.15) is 0 Å². The van der Waals surface area contributed by atoms with Crippen LogP contribution >= 0.6 is 0 Å². The van der Waals surface area contributed by atoms with Crippen LogP contribution in [0.15, 0.2) is 78.9 Å². The minimum absolute atomic E-state index is 0.0464. The van der Waals surface area contributed by atoms with Gasteiger partial charge in [0.05, 0.1) is 12.9 Å². The average molecular weight is 397 g/mol. The normalized spacial score (nSPS) is 11.0. The van der Waals surface area contributed by atoms with Gasteiger partial charge in [0.25, 0.3) is 0 Å². The summed E-state index contributed by atoms with van der Waals surface area (Å²) in [6.07, 6.45) is 0.481. The van der Waals surface area contributed by atoms with Gasteiger partial charge in [-0.05, 0) is 42.3 Å². The van der Waals surface area contributed by atoms with E-state index in [0.717, 1.165) is 22.6 Å². The van der Waals surface area contributed by atoms with E-state index in [2.05, 4.69) is 10.0 Å². The zero-order valence-corrected chi connectivity index (χ0v) is 16.6. The van der Waals surface area contributed by atoms with Crippen LogP contribution in [0.25, 0.3) is 0 Å². The topological polar surface area (TPSA) is 67.4 Å². The van der Waals surface area contributed by atoms with Crippen molar-refractivity contribution in [2.24, 2.45) is 0 Å². The summed E-state index contributed by atoms with van der Waals surface area (Å²) in [5, 5.41) is 3.32. The number of anilines is 2. The van der Waals surface area contributed by atoms with Crippen LogP contribution in [-0.4, -0.2) is 21.3 Å². The van der Waals surface area contributed by atoms with Gasteiger partial charge in [0.2, 0.25) is 10.0 Å². The number of ether oxygens (including phenoxy) is 1. The van der Waals surface area contributed by atoms with Gasteiger partial charge >= 0.3 is 0 Å². The number of methoxy groups -OCH3 is 1. The molecule has 3 rings (SSSR count). The third-order valence-corrected chi connectivity index (χ3v) is 5.62. The van der Waals surface area contributed by atoms with Crippen molar-refractivity contribution in [2.45, 2.75) is 13.0 Å². The molecular weight excluding hydrogens is 372 g/mol. The monoisotopic (exact) mass is 396 g/mol. The van der Waals surface area contributed by atoms with E-state index >= 15 is 0 Å². The summed E-state index contributed by atoms with van der Waals surface area (Å²) in [4.78, 5) is 0. The molecule has 0 atom stereocenters. The van der Waals surface area contributed by atoms with Crippen molar-refractivity contribution in [2.75, 3.05) is 22.9 Å². The molecule has 28 heavy (non-hydrogen) atoms. The van der Waals surface area contributed by atoms with Crippen LogP contribution in [0, 0.1) is 0 Å². The van der Waals surface area contributed by atoms with E-state index in [1.165, 1.54) is 0 Å². The van der Waals surface area contributed by atoms with Crippen molar-refractivity contribution in [1.29, 1.82) is 0 Å². The van der Waals surface area contributed by atoms with Crippen LogP contribution in [-0.2, 0) is 23.0 Å². The van der Waals surface area contributed by atoms with Gasteiger partial charge < -0.3 is 10.1 Å². The minimum Gasteiger partial charge on any atom is -0.496 e. The molecule has 0 aromatic heterocycles. The third kappa shape index (κ3) is 5.76. The molecule has 0 saturated carbocycles. The van der Waals surface area contributed by atoms with Gasteiger partial charge in [-0.3, -0.25) is 4.72 Å². The molecule has 0 amide bonds. The fourth-order valence-electron chi connectivity index (χ4n) is 2.83. The zero-order valence-electron chi connectivity index (χ0n) is 15.8. The summed E-state index contributed by atoms with van der Waals surface area (Å²) in [6, 6.07) is 24.6. The zero-order chi connectivity index (χ0) is 19.8. The molecule has 0 aliphatic heterocycles. The van der Waals surface area contributed by atoms with E-state index in [-0.39, 0.29) is 5.75 Å². The van der Waals surface area contributed by atoms with Crippen molar-refractivity contribution >= 4 is 21.4 Å². The van der Waals surface area contributed by atoms with E-state index in [1.54, 1.807) is 19.2 Å². The Hall–Kier alpha value is -2.99. The van der Waals surface area contributed by atoms with Crippen LogP contribution in [0.1, 0.15) is 11.1 Å². The predicted molar refractivity (Wildman–Crippen MR) is 114 cm³/mol. The third-order valence-electron chi connectivity index (χ3n) is 4.34. The second kappa shape index (κ2) is 9.28. The van der Waals surface area contributed by atoms with Crippen molar-refractivity contribution in [3.63, 3.8) is 0 Å². The lowest BCUT2D eigenvalue weighted by Gasteiger charge is -2.12. The molecule has 0 heterocycles. The van der Waals surface area contributed by atoms with Crippen molar-refractivity contribution in [3.05, 3.63) is 90.0 Å². The van der Waals surface area contributed by atoms with Crippen LogP contribution in [0.3, 0.4) is 0 Å². The van der Waals surface area contributed by atoms with Crippen LogP contribution in [0.5, 0.6) is 5.75 Å². The number of para-hydroxylation sites is 1. The highest BCUT2D eigenvalue weighted by Crippen LogP contribution is 2.20. The van der Waals surface area contributed by atoms with Crippen molar-refractivity contribution in [1.82, 2.24) is 0 Å². The first-order chi connectivity index (χ1) is 13.6. The second-order valence-corrected chi connectivity index (χ2v) is 8.24. The number of hydrogen-bond acceptors (Lipinski definition) is 4. The molecule has 146 valence electrons. The lowest BCUT2D eigenvalue weighted by molar-refractivity contribution is 0.410. The molecule has 0 unspecified atom stereocenters. The first-order valence-electron chi connectivity index (χ1n) is 9.06. The number of aryl methyl sites for hydroxylation is 1. The number of nitrogens with one attached hydrogen (secondary N) is 2. The molecule has 0 fully saturated rings. The highest BCUT2D eigenvalue weighted by molar-refractivity contribution is 7.92. The summed E-state index contributed by atoms with van der Waals surface area (Å²) in [7, 11) is -1.75. The Labute approximate surface area is 166 Å². The maximum atomic E-state index is 12.3. The largest absolute Gasteiger partial charge is 0.496 e. The lowest BCUT2D eigenvalue weighted by Crippen LogP contribution is -2.18. The predicted octanol–water partition coefficient (Wildman–Crippen LogP) is 4.29. The molecule has 0 radical (unpaired) electrons. The Balaban J connectivity index is 1.55. The van der Waals surface area contributed by atoms with E-state index in [9.17, 15) is 8.42 Å². The van der Waals surface area contributed by atoms with Gasteiger partial charge in [0, 0.05) is 23.5 Å². The Kier molecular flexibility index (Phi) is 6.55. The number of rotatable bonds is 9. The van der Waals surface area contributed by atoms with Crippen LogP contribution in [0.2, 0.25) is 0 Å². The highest BCUT2D eigenvalue weighted by Gasteiger charge is 2.11. The van der Waals surface area contributed by atoms with Crippen molar-refractivity contribution < 1.29 is 13.2 Å². The lowest BCUT2D eigenvalue weighted by atomic mass is 10.2.